The van der Waals surface area contributed by atoms with Gasteiger partial charge in [0.15, 0.2) is 6.61 Å². The highest BCUT2D eigenvalue weighted by molar-refractivity contribution is 6.30. The standard InChI is InChI=1S/C18H22ClNO3/c19-14-8-6-13(7-9-14)18(10-11-18)17(22)23-12-16(21)20-15-4-2-1-3-5-15/h6-9,15H,1-5,10-12H2,(H,20,21). The summed E-state index contributed by atoms with van der Waals surface area (Å²) in [5, 5.41) is 3.60. The molecule has 0 aromatic heterocycles. The van der Waals surface area contributed by atoms with Gasteiger partial charge in [-0.1, -0.05) is 43.0 Å². The summed E-state index contributed by atoms with van der Waals surface area (Å²) in [4.78, 5) is 24.3. The first-order valence-electron chi connectivity index (χ1n) is 8.33. The van der Waals surface area contributed by atoms with Gasteiger partial charge in [0.05, 0.1) is 5.41 Å². The van der Waals surface area contributed by atoms with E-state index in [1.807, 2.05) is 12.1 Å². The summed E-state index contributed by atoms with van der Waals surface area (Å²) in [7, 11) is 0. The molecule has 0 atom stereocenters. The van der Waals surface area contributed by atoms with E-state index in [0.717, 1.165) is 44.1 Å². The predicted molar refractivity (Wildman–Crippen MR) is 88.3 cm³/mol. The second-order valence-corrected chi connectivity index (χ2v) is 7.00. The number of hydrogen-bond acceptors (Lipinski definition) is 3. The van der Waals surface area contributed by atoms with Crippen molar-refractivity contribution in [3.05, 3.63) is 34.9 Å². The van der Waals surface area contributed by atoms with E-state index in [2.05, 4.69) is 5.32 Å². The molecule has 2 saturated carbocycles. The number of esters is 1. The molecule has 2 fully saturated rings. The molecule has 1 aromatic carbocycles. The highest BCUT2D eigenvalue weighted by atomic mass is 35.5. The summed E-state index contributed by atoms with van der Waals surface area (Å²) < 4.78 is 5.27. The number of rotatable bonds is 5. The lowest BCUT2D eigenvalue weighted by Crippen LogP contribution is -2.39. The van der Waals surface area contributed by atoms with Gasteiger partial charge in [0, 0.05) is 11.1 Å². The lowest BCUT2D eigenvalue weighted by molar-refractivity contribution is -0.151. The number of carbonyl (C=O) groups excluding carboxylic acids is 2. The molecule has 0 unspecified atom stereocenters. The van der Waals surface area contributed by atoms with Crippen LogP contribution in [0.3, 0.4) is 0 Å². The van der Waals surface area contributed by atoms with Crippen LogP contribution in [0.1, 0.15) is 50.5 Å². The summed E-state index contributed by atoms with van der Waals surface area (Å²) in [6.45, 7) is -0.190. The van der Waals surface area contributed by atoms with E-state index < -0.39 is 5.41 Å². The summed E-state index contributed by atoms with van der Waals surface area (Å²) in [6, 6.07) is 7.51. The van der Waals surface area contributed by atoms with Crippen LogP contribution in [-0.4, -0.2) is 24.5 Å². The highest BCUT2D eigenvalue weighted by Crippen LogP contribution is 2.49. The molecular weight excluding hydrogens is 314 g/mol. The summed E-state index contributed by atoms with van der Waals surface area (Å²) in [5.74, 6) is -0.504. The van der Waals surface area contributed by atoms with Crippen molar-refractivity contribution in [3.63, 3.8) is 0 Å². The molecule has 4 nitrogen and oxygen atoms in total. The largest absolute Gasteiger partial charge is 0.455 e. The van der Waals surface area contributed by atoms with Crippen LogP contribution in [0.5, 0.6) is 0 Å². The van der Waals surface area contributed by atoms with Crippen molar-refractivity contribution in [3.8, 4) is 0 Å². The molecule has 1 aromatic rings. The van der Waals surface area contributed by atoms with Gasteiger partial charge in [0.1, 0.15) is 0 Å². The normalized spacial score (nSPS) is 19.9. The summed E-state index contributed by atoms with van der Waals surface area (Å²) >= 11 is 5.89. The van der Waals surface area contributed by atoms with Crippen molar-refractivity contribution >= 4 is 23.5 Å². The Morgan fingerprint density at radius 2 is 1.78 bits per heavy atom. The Labute approximate surface area is 141 Å². The number of carbonyl (C=O) groups is 2. The summed E-state index contributed by atoms with van der Waals surface area (Å²) in [6.07, 6.45) is 7.12. The van der Waals surface area contributed by atoms with Crippen LogP contribution in [0.25, 0.3) is 0 Å². The van der Waals surface area contributed by atoms with E-state index >= 15 is 0 Å². The van der Waals surface area contributed by atoms with E-state index in [9.17, 15) is 9.59 Å². The molecule has 2 aliphatic rings. The average molecular weight is 336 g/mol. The van der Waals surface area contributed by atoms with Crippen LogP contribution in [0.15, 0.2) is 24.3 Å². The lowest BCUT2D eigenvalue weighted by Gasteiger charge is -2.23. The second-order valence-electron chi connectivity index (χ2n) is 6.57. The van der Waals surface area contributed by atoms with E-state index in [4.69, 9.17) is 16.3 Å². The van der Waals surface area contributed by atoms with Crippen molar-refractivity contribution in [2.45, 2.75) is 56.4 Å². The van der Waals surface area contributed by atoms with Crippen molar-refractivity contribution in [1.82, 2.24) is 5.32 Å². The smallest absolute Gasteiger partial charge is 0.317 e. The Hall–Kier alpha value is -1.55. The van der Waals surface area contributed by atoms with Gasteiger partial charge in [-0.2, -0.15) is 0 Å². The van der Waals surface area contributed by atoms with E-state index in [-0.39, 0.29) is 24.5 Å². The number of benzene rings is 1. The topological polar surface area (TPSA) is 55.4 Å². The van der Waals surface area contributed by atoms with Gasteiger partial charge >= 0.3 is 5.97 Å². The fourth-order valence-electron chi connectivity index (χ4n) is 3.29. The van der Waals surface area contributed by atoms with Gasteiger partial charge < -0.3 is 10.1 Å². The maximum Gasteiger partial charge on any atom is 0.317 e. The second kappa shape index (κ2) is 6.91. The molecule has 0 saturated heterocycles. The lowest BCUT2D eigenvalue weighted by atomic mass is 9.95. The van der Waals surface area contributed by atoms with Crippen molar-refractivity contribution in [1.29, 1.82) is 0 Å². The number of halogens is 1. The van der Waals surface area contributed by atoms with Gasteiger partial charge in [-0.15, -0.1) is 0 Å². The number of amides is 1. The molecule has 5 heteroatoms. The molecule has 0 aliphatic heterocycles. The van der Waals surface area contributed by atoms with Gasteiger partial charge in [0.2, 0.25) is 0 Å². The molecule has 0 spiro atoms. The van der Waals surface area contributed by atoms with E-state index in [1.54, 1.807) is 12.1 Å². The quantitative estimate of drug-likeness (QED) is 0.839. The zero-order chi connectivity index (χ0) is 16.3. The minimum absolute atomic E-state index is 0.190. The Morgan fingerprint density at radius 3 is 2.39 bits per heavy atom. The van der Waals surface area contributed by atoms with E-state index in [0.29, 0.717) is 5.02 Å². The minimum Gasteiger partial charge on any atom is -0.455 e. The minimum atomic E-state index is -0.574. The monoisotopic (exact) mass is 335 g/mol. The van der Waals surface area contributed by atoms with Gasteiger partial charge in [-0.25, -0.2) is 0 Å². The van der Waals surface area contributed by atoms with Crippen LogP contribution in [-0.2, 0) is 19.7 Å². The average Bonchev–Trinajstić information content (AvgIpc) is 3.36. The fourth-order valence-corrected chi connectivity index (χ4v) is 3.42. The van der Waals surface area contributed by atoms with Crippen LogP contribution in [0.4, 0.5) is 0 Å². The summed E-state index contributed by atoms with van der Waals surface area (Å²) in [5.41, 5.74) is 0.343. The molecule has 124 valence electrons. The van der Waals surface area contributed by atoms with Crippen LogP contribution < -0.4 is 5.32 Å². The zero-order valence-electron chi connectivity index (χ0n) is 13.1. The molecular formula is C18H22ClNO3. The van der Waals surface area contributed by atoms with Crippen molar-refractivity contribution < 1.29 is 14.3 Å². The Kier molecular flexibility index (Phi) is 4.90. The Balaban J connectivity index is 1.50. The first-order valence-corrected chi connectivity index (χ1v) is 8.71. The Bertz CT molecular complexity index is 574. The first kappa shape index (κ1) is 16.3. The van der Waals surface area contributed by atoms with Gasteiger partial charge in [-0.3, -0.25) is 9.59 Å². The third-order valence-corrected chi connectivity index (χ3v) is 5.09. The van der Waals surface area contributed by atoms with Gasteiger partial charge in [-0.05, 0) is 43.4 Å². The number of hydrogen-bond donors (Lipinski definition) is 1. The molecule has 1 amide bonds. The van der Waals surface area contributed by atoms with Gasteiger partial charge in [0.25, 0.3) is 5.91 Å². The molecule has 0 heterocycles. The third-order valence-electron chi connectivity index (χ3n) is 4.84. The molecule has 0 radical (unpaired) electrons. The molecule has 23 heavy (non-hydrogen) atoms. The molecule has 3 rings (SSSR count). The first-order chi connectivity index (χ1) is 11.1. The van der Waals surface area contributed by atoms with Crippen LogP contribution in [0, 0.1) is 0 Å². The zero-order valence-corrected chi connectivity index (χ0v) is 13.9. The van der Waals surface area contributed by atoms with Crippen molar-refractivity contribution in [2.75, 3.05) is 6.61 Å². The predicted octanol–water partition coefficient (Wildman–Crippen LogP) is 3.36. The highest BCUT2D eigenvalue weighted by Gasteiger charge is 2.52. The van der Waals surface area contributed by atoms with E-state index in [1.165, 1.54) is 6.42 Å². The SMILES string of the molecule is O=C(COC(=O)C1(c2ccc(Cl)cc2)CC1)NC1CCCCC1. The Morgan fingerprint density at radius 1 is 1.13 bits per heavy atom. The van der Waals surface area contributed by atoms with Crippen LogP contribution >= 0.6 is 11.6 Å². The third kappa shape index (κ3) is 3.86. The van der Waals surface area contributed by atoms with Crippen molar-refractivity contribution in [2.24, 2.45) is 0 Å². The van der Waals surface area contributed by atoms with Crippen LogP contribution in [0.2, 0.25) is 5.02 Å². The number of nitrogens with one attached hydrogen (secondary N) is 1. The molecule has 0 bridgehead atoms. The molecule has 1 N–H and O–H groups in total. The fraction of sp³-hybridized carbons (Fsp3) is 0.556. The molecule has 2 aliphatic carbocycles. The number of ether oxygens (including phenoxy) is 1. The maximum absolute atomic E-state index is 12.4. The maximum atomic E-state index is 12.4.